The lowest BCUT2D eigenvalue weighted by atomic mass is 10.0. The minimum absolute atomic E-state index is 0.124. The van der Waals surface area contributed by atoms with Crippen molar-refractivity contribution < 1.29 is 14.3 Å². The predicted octanol–water partition coefficient (Wildman–Crippen LogP) is 3.97. The number of hydrogen-bond donors (Lipinski definition) is 2. The van der Waals surface area contributed by atoms with Gasteiger partial charge in [-0.15, -0.1) is 0 Å². The molecule has 2 saturated heterocycles. The van der Waals surface area contributed by atoms with Crippen LogP contribution in [0.5, 0.6) is 11.5 Å². The maximum Gasteiger partial charge on any atom is 0.237 e. The Morgan fingerprint density at radius 3 is 2.25 bits per heavy atom. The molecule has 0 aliphatic carbocycles. The van der Waals surface area contributed by atoms with Crippen molar-refractivity contribution in [2.75, 3.05) is 33.0 Å². The van der Waals surface area contributed by atoms with Crippen LogP contribution in [-0.4, -0.2) is 66.8 Å². The lowest BCUT2D eigenvalue weighted by Gasteiger charge is -2.34. The maximum absolute atomic E-state index is 13.4. The van der Waals surface area contributed by atoms with Crippen LogP contribution in [0.1, 0.15) is 36.0 Å². The third-order valence-electron chi connectivity index (χ3n) is 8.39. The largest absolute Gasteiger partial charge is 0.454 e. The zero-order chi connectivity index (χ0) is 27.1. The van der Waals surface area contributed by atoms with E-state index in [4.69, 9.17) is 9.47 Å². The number of benzene rings is 3. The van der Waals surface area contributed by atoms with Gasteiger partial charge in [0.15, 0.2) is 11.5 Å². The van der Waals surface area contributed by atoms with Gasteiger partial charge in [0.1, 0.15) is 0 Å². The summed E-state index contributed by atoms with van der Waals surface area (Å²) in [6, 6.07) is 27.9. The van der Waals surface area contributed by atoms with Gasteiger partial charge in [-0.1, -0.05) is 66.7 Å². The van der Waals surface area contributed by atoms with Crippen LogP contribution in [-0.2, 0) is 24.3 Å². The number of carbonyl (C=O) groups is 1. The first kappa shape index (κ1) is 26.8. The van der Waals surface area contributed by atoms with Crippen LogP contribution in [0.4, 0.5) is 0 Å². The Bertz CT molecular complexity index is 1250. The van der Waals surface area contributed by atoms with Crippen LogP contribution in [0.25, 0.3) is 0 Å². The van der Waals surface area contributed by atoms with Gasteiger partial charge in [-0.05, 0) is 67.6 Å². The molecule has 2 fully saturated rings. The molecule has 6 rings (SSSR count). The molecule has 0 unspecified atom stereocenters. The highest BCUT2D eigenvalue weighted by atomic mass is 16.7. The average molecular weight is 541 g/mol. The second-order valence-corrected chi connectivity index (χ2v) is 11.3. The molecule has 210 valence electrons. The Labute approximate surface area is 237 Å². The first-order valence-corrected chi connectivity index (χ1v) is 14.7. The lowest BCUT2D eigenvalue weighted by molar-refractivity contribution is -0.125. The molecule has 0 bridgehead atoms. The molecule has 1 amide bonds. The van der Waals surface area contributed by atoms with Crippen molar-refractivity contribution in [1.82, 2.24) is 20.4 Å². The van der Waals surface area contributed by atoms with Crippen molar-refractivity contribution >= 4 is 5.91 Å². The molecule has 0 saturated carbocycles. The minimum atomic E-state index is -0.132. The smallest absolute Gasteiger partial charge is 0.237 e. The van der Waals surface area contributed by atoms with E-state index < -0.39 is 0 Å². The van der Waals surface area contributed by atoms with Gasteiger partial charge < -0.3 is 20.1 Å². The molecule has 3 aromatic carbocycles. The van der Waals surface area contributed by atoms with Crippen molar-refractivity contribution in [3.8, 4) is 11.5 Å². The molecule has 3 heterocycles. The number of piperidine rings is 1. The number of amides is 1. The predicted molar refractivity (Wildman–Crippen MR) is 156 cm³/mol. The number of nitrogens with one attached hydrogen (secondary N) is 2. The molecule has 3 aliphatic heterocycles. The second kappa shape index (κ2) is 12.9. The van der Waals surface area contributed by atoms with Gasteiger partial charge in [0.25, 0.3) is 0 Å². The molecule has 0 radical (unpaired) electrons. The third-order valence-corrected chi connectivity index (χ3v) is 8.39. The van der Waals surface area contributed by atoms with E-state index in [0.717, 1.165) is 75.5 Å². The van der Waals surface area contributed by atoms with Crippen LogP contribution >= 0.6 is 0 Å². The molecule has 40 heavy (non-hydrogen) atoms. The van der Waals surface area contributed by atoms with Gasteiger partial charge in [-0.25, -0.2) is 0 Å². The highest BCUT2D eigenvalue weighted by molar-refractivity contribution is 5.82. The third kappa shape index (κ3) is 6.84. The zero-order valence-electron chi connectivity index (χ0n) is 23.1. The molecule has 3 aromatic rings. The Morgan fingerprint density at radius 2 is 1.50 bits per heavy atom. The van der Waals surface area contributed by atoms with Gasteiger partial charge in [-0.3, -0.25) is 14.6 Å². The molecule has 7 heteroatoms. The molecular weight excluding hydrogens is 500 g/mol. The van der Waals surface area contributed by atoms with Crippen molar-refractivity contribution in [1.29, 1.82) is 0 Å². The Morgan fingerprint density at radius 1 is 0.800 bits per heavy atom. The van der Waals surface area contributed by atoms with E-state index in [9.17, 15) is 4.79 Å². The summed E-state index contributed by atoms with van der Waals surface area (Å²) in [5.41, 5.74) is 3.76. The first-order valence-electron chi connectivity index (χ1n) is 14.7. The van der Waals surface area contributed by atoms with Crippen molar-refractivity contribution in [3.05, 3.63) is 95.6 Å². The van der Waals surface area contributed by atoms with Crippen molar-refractivity contribution in [2.45, 2.75) is 56.9 Å². The Hall–Kier alpha value is -3.39. The van der Waals surface area contributed by atoms with Crippen LogP contribution in [0.2, 0.25) is 0 Å². The van der Waals surface area contributed by atoms with E-state index >= 15 is 0 Å². The Kier molecular flexibility index (Phi) is 8.62. The van der Waals surface area contributed by atoms with E-state index in [1.807, 2.05) is 24.3 Å². The lowest BCUT2D eigenvalue weighted by Crippen LogP contribution is -2.46. The summed E-state index contributed by atoms with van der Waals surface area (Å²) in [7, 11) is 0. The van der Waals surface area contributed by atoms with Crippen LogP contribution in [0.15, 0.2) is 78.9 Å². The number of hydrogen-bond acceptors (Lipinski definition) is 6. The summed E-state index contributed by atoms with van der Waals surface area (Å²) < 4.78 is 10.9. The van der Waals surface area contributed by atoms with Crippen molar-refractivity contribution in [2.24, 2.45) is 0 Å². The Balaban J connectivity index is 1.02. The fourth-order valence-corrected chi connectivity index (χ4v) is 6.27. The molecule has 3 aliphatic rings. The number of likely N-dealkylation sites (tertiary alicyclic amines) is 2. The molecule has 2 N–H and O–H groups in total. The summed E-state index contributed by atoms with van der Waals surface area (Å²) in [5, 5.41) is 7.16. The van der Waals surface area contributed by atoms with Crippen molar-refractivity contribution in [3.63, 3.8) is 0 Å². The van der Waals surface area contributed by atoms with Crippen LogP contribution in [0, 0.1) is 0 Å². The van der Waals surface area contributed by atoms with E-state index in [-0.39, 0.29) is 18.7 Å². The molecule has 2 atom stereocenters. The topological polar surface area (TPSA) is 66.1 Å². The molecule has 7 nitrogen and oxygen atoms in total. The van der Waals surface area contributed by atoms with E-state index in [0.29, 0.717) is 18.6 Å². The molecule has 0 aromatic heterocycles. The normalized spacial score (nSPS) is 21.5. The quantitative estimate of drug-likeness (QED) is 0.406. The summed E-state index contributed by atoms with van der Waals surface area (Å²) >= 11 is 0. The van der Waals surface area contributed by atoms with Gasteiger partial charge in [-0.2, -0.15) is 0 Å². The highest BCUT2D eigenvalue weighted by Gasteiger charge is 2.37. The number of ether oxygens (including phenoxy) is 2. The maximum atomic E-state index is 13.4. The number of nitrogens with zero attached hydrogens (tertiary/aromatic N) is 2. The van der Waals surface area contributed by atoms with E-state index in [1.165, 1.54) is 11.1 Å². The van der Waals surface area contributed by atoms with E-state index in [1.54, 1.807) is 0 Å². The first-order chi connectivity index (χ1) is 19.7. The second-order valence-electron chi connectivity index (χ2n) is 11.3. The van der Waals surface area contributed by atoms with Gasteiger partial charge in [0, 0.05) is 38.3 Å². The summed E-state index contributed by atoms with van der Waals surface area (Å²) in [4.78, 5) is 18.4. The number of rotatable bonds is 10. The van der Waals surface area contributed by atoms with Crippen LogP contribution < -0.4 is 20.1 Å². The SMILES string of the molecule is O=C(NCCc1ccc2c(c1)OCO2)[C@@H]1C[C@@H](NC2CCN(Cc3ccccc3)CC2)CN1Cc1ccccc1. The fourth-order valence-electron chi connectivity index (χ4n) is 6.27. The number of carbonyl (C=O) groups excluding carboxylic acids is 1. The average Bonchev–Trinajstić information content (AvgIpc) is 3.62. The zero-order valence-corrected chi connectivity index (χ0v) is 23.1. The van der Waals surface area contributed by atoms with Gasteiger partial charge in [0.05, 0.1) is 6.04 Å². The standard InChI is InChI=1S/C33H40N4O3/c38-33(34-16-13-25-11-12-31-32(19-25)40-24-39-31)30-20-29(23-37(30)22-27-9-5-2-6-10-27)35-28-14-17-36(18-15-28)21-26-7-3-1-4-8-26/h1-12,19,28-30,35H,13-18,20-24H2,(H,34,38)/t29-,30+/m1/s1. The summed E-state index contributed by atoms with van der Waals surface area (Å²) in [6.45, 7) is 5.79. The number of fused-ring (bicyclic) bond motifs is 1. The summed E-state index contributed by atoms with van der Waals surface area (Å²) in [6.07, 6.45) is 3.90. The fraction of sp³-hybridized carbons (Fsp3) is 0.424. The van der Waals surface area contributed by atoms with E-state index in [2.05, 4.69) is 75.0 Å². The highest BCUT2D eigenvalue weighted by Crippen LogP contribution is 2.32. The summed E-state index contributed by atoms with van der Waals surface area (Å²) in [5.74, 6) is 1.70. The van der Waals surface area contributed by atoms with Crippen LogP contribution in [0.3, 0.4) is 0 Å². The monoisotopic (exact) mass is 540 g/mol. The van der Waals surface area contributed by atoms with Gasteiger partial charge >= 0.3 is 0 Å². The minimum Gasteiger partial charge on any atom is -0.454 e. The molecule has 0 spiro atoms. The van der Waals surface area contributed by atoms with Gasteiger partial charge in [0.2, 0.25) is 12.7 Å². The molecular formula is C33H40N4O3.